The molecule has 1 aliphatic heterocycles. The molecule has 7 heteroatoms. The van der Waals surface area contributed by atoms with Gasteiger partial charge in [0.25, 0.3) is 0 Å². The van der Waals surface area contributed by atoms with Crippen molar-refractivity contribution in [3.8, 4) is 5.88 Å². The Morgan fingerprint density at radius 2 is 2.26 bits per heavy atom. The van der Waals surface area contributed by atoms with Crippen molar-refractivity contribution in [3.05, 3.63) is 53.7 Å². The number of fused-ring (bicyclic) bond motifs is 1. The monoisotopic (exact) mass is 307 g/mol. The topological polar surface area (TPSA) is 99.3 Å². The van der Waals surface area contributed by atoms with E-state index >= 15 is 0 Å². The fourth-order valence-electron chi connectivity index (χ4n) is 2.34. The molecule has 0 saturated carbocycles. The van der Waals surface area contributed by atoms with Crippen LogP contribution in [0.3, 0.4) is 0 Å². The minimum Gasteiger partial charge on any atom is -0.492 e. The number of rotatable bonds is 4. The van der Waals surface area contributed by atoms with E-state index in [0.29, 0.717) is 24.0 Å². The molecule has 0 fully saturated rings. The van der Waals surface area contributed by atoms with Crippen LogP contribution >= 0.6 is 0 Å². The second-order valence-electron chi connectivity index (χ2n) is 4.99. The van der Waals surface area contributed by atoms with Crippen molar-refractivity contribution in [3.63, 3.8) is 0 Å². The summed E-state index contributed by atoms with van der Waals surface area (Å²) in [4.78, 5) is 15.5. The molecular formula is C16H13N5O2. The third-order valence-corrected chi connectivity index (χ3v) is 3.45. The lowest BCUT2D eigenvalue weighted by molar-refractivity contribution is 0.455. The van der Waals surface area contributed by atoms with E-state index in [1.54, 1.807) is 24.8 Å². The van der Waals surface area contributed by atoms with Gasteiger partial charge < -0.3 is 19.8 Å². The first-order valence-electron chi connectivity index (χ1n) is 7.06. The Hall–Kier alpha value is -3.35. The van der Waals surface area contributed by atoms with E-state index in [1.807, 2.05) is 24.3 Å². The highest BCUT2D eigenvalue weighted by Crippen LogP contribution is 2.31. The van der Waals surface area contributed by atoms with Gasteiger partial charge in [-0.25, -0.2) is 9.98 Å². The molecule has 0 spiro atoms. The highest BCUT2D eigenvalue weighted by molar-refractivity contribution is 6.20. The van der Waals surface area contributed by atoms with Gasteiger partial charge in [-0.15, -0.1) is 0 Å². The van der Waals surface area contributed by atoms with Crippen LogP contribution in [0, 0.1) is 0 Å². The fraction of sp³-hybridized carbons (Fsp3) is 0.0625. The highest BCUT2D eigenvalue weighted by atomic mass is 16.3. The molecule has 0 bridgehead atoms. The zero-order valence-corrected chi connectivity index (χ0v) is 12.0. The Balaban J connectivity index is 1.56. The molecule has 0 aromatic carbocycles. The molecule has 4 heterocycles. The predicted octanol–water partition coefficient (Wildman–Crippen LogP) is 2.97. The predicted molar refractivity (Wildman–Crippen MR) is 86.5 cm³/mol. The molecule has 3 N–H and O–H groups in total. The SMILES string of the molecule is Oc1nc(NCc2ccco2)[nH]c1C=C1C=Nc2ncccc21. The van der Waals surface area contributed by atoms with Gasteiger partial charge in [0.15, 0.2) is 5.82 Å². The van der Waals surface area contributed by atoms with Crippen molar-refractivity contribution in [2.75, 3.05) is 5.32 Å². The summed E-state index contributed by atoms with van der Waals surface area (Å²) >= 11 is 0. The van der Waals surface area contributed by atoms with Crippen LogP contribution in [0.2, 0.25) is 0 Å². The first-order chi connectivity index (χ1) is 11.3. The zero-order chi connectivity index (χ0) is 15.6. The number of imidazole rings is 1. The number of hydrogen-bond acceptors (Lipinski definition) is 6. The van der Waals surface area contributed by atoms with Gasteiger partial charge in [-0.2, -0.15) is 4.98 Å². The molecule has 7 nitrogen and oxygen atoms in total. The number of allylic oxidation sites excluding steroid dienone is 1. The van der Waals surface area contributed by atoms with Crippen molar-refractivity contribution >= 4 is 29.6 Å². The third kappa shape index (κ3) is 2.59. The molecule has 1 aliphatic rings. The van der Waals surface area contributed by atoms with Gasteiger partial charge in [0.1, 0.15) is 11.5 Å². The van der Waals surface area contributed by atoms with Crippen molar-refractivity contribution in [1.29, 1.82) is 0 Å². The smallest absolute Gasteiger partial charge is 0.238 e. The number of hydrogen-bond donors (Lipinski definition) is 3. The van der Waals surface area contributed by atoms with Gasteiger partial charge in [-0.3, -0.25) is 0 Å². The van der Waals surface area contributed by atoms with Gasteiger partial charge in [0.2, 0.25) is 11.8 Å². The van der Waals surface area contributed by atoms with E-state index in [9.17, 15) is 5.11 Å². The lowest BCUT2D eigenvalue weighted by atomic mass is 10.1. The zero-order valence-electron chi connectivity index (χ0n) is 12.0. The van der Waals surface area contributed by atoms with Crippen LogP contribution in [0.15, 0.2) is 46.1 Å². The summed E-state index contributed by atoms with van der Waals surface area (Å²) in [6.07, 6.45) is 6.81. The molecule has 4 rings (SSSR count). The van der Waals surface area contributed by atoms with E-state index in [-0.39, 0.29) is 5.88 Å². The summed E-state index contributed by atoms with van der Waals surface area (Å²) in [6.45, 7) is 0.476. The Kier molecular flexibility index (Phi) is 3.16. The highest BCUT2D eigenvalue weighted by Gasteiger charge is 2.15. The lowest BCUT2D eigenvalue weighted by Gasteiger charge is -1.99. The average molecular weight is 307 g/mol. The third-order valence-electron chi connectivity index (χ3n) is 3.45. The molecule has 23 heavy (non-hydrogen) atoms. The number of aromatic amines is 1. The number of aromatic hydroxyl groups is 1. The second-order valence-corrected chi connectivity index (χ2v) is 4.99. The molecule has 3 aromatic rings. The summed E-state index contributed by atoms with van der Waals surface area (Å²) in [5.41, 5.74) is 2.29. The molecular weight excluding hydrogens is 294 g/mol. The molecule has 0 saturated heterocycles. The van der Waals surface area contributed by atoms with E-state index < -0.39 is 0 Å². The number of aliphatic imine (C=N–C) groups is 1. The van der Waals surface area contributed by atoms with Crippen LogP contribution in [0.25, 0.3) is 11.6 Å². The number of nitrogens with zero attached hydrogens (tertiary/aromatic N) is 3. The molecule has 3 aromatic heterocycles. The summed E-state index contributed by atoms with van der Waals surface area (Å²) < 4.78 is 5.24. The normalized spacial score (nSPS) is 14.3. The van der Waals surface area contributed by atoms with Gasteiger partial charge in [0, 0.05) is 23.5 Å². The number of anilines is 1. The Morgan fingerprint density at radius 3 is 3.13 bits per heavy atom. The summed E-state index contributed by atoms with van der Waals surface area (Å²) in [7, 11) is 0. The average Bonchev–Trinajstić information content (AvgIpc) is 3.28. The van der Waals surface area contributed by atoms with Crippen LogP contribution in [0.1, 0.15) is 17.0 Å². The molecule has 0 radical (unpaired) electrons. The van der Waals surface area contributed by atoms with Gasteiger partial charge >= 0.3 is 0 Å². The van der Waals surface area contributed by atoms with Gasteiger partial charge in [-0.05, 0) is 30.3 Å². The minimum atomic E-state index is -0.0785. The number of nitrogens with one attached hydrogen (secondary N) is 2. The molecule has 0 aliphatic carbocycles. The van der Waals surface area contributed by atoms with Crippen molar-refractivity contribution in [1.82, 2.24) is 15.0 Å². The minimum absolute atomic E-state index is 0.0785. The maximum Gasteiger partial charge on any atom is 0.238 e. The van der Waals surface area contributed by atoms with E-state index in [2.05, 4.69) is 25.3 Å². The van der Waals surface area contributed by atoms with E-state index in [1.165, 1.54) is 0 Å². The molecule has 0 amide bonds. The van der Waals surface area contributed by atoms with E-state index in [4.69, 9.17) is 4.42 Å². The summed E-state index contributed by atoms with van der Waals surface area (Å²) in [5, 5.41) is 13.0. The van der Waals surface area contributed by atoms with Gasteiger partial charge in [-0.1, -0.05) is 0 Å². The number of furan rings is 1. The largest absolute Gasteiger partial charge is 0.492 e. The van der Waals surface area contributed by atoms with Crippen LogP contribution in [-0.4, -0.2) is 26.3 Å². The second kappa shape index (κ2) is 5.45. The van der Waals surface area contributed by atoms with Crippen LogP contribution in [0.4, 0.5) is 11.8 Å². The lowest BCUT2D eigenvalue weighted by Crippen LogP contribution is -1.99. The Morgan fingerprint density at radius 1 is 1.30 bits per heavy atom. The van der Waals surface area contributed by atoms with Crippen molar-refractivity contribution in [2.24, 2.45) is 4.99 Å². The number of H-pyrrole nitrogens is 1. The summed E-state index contributed by atoms with van der Waals surface area (Å²) in [5.74, 6) is 1.84. The maximum absolute atomic E-state index is 9.99. The van der Waals surface area contributed by atoms with Crippen LogP contribution in [0.5, 0.6) is 5.88 Å². The molecule has 114 valence electrons. The first kappa shape index (κ1) is 13.3. The first-order valence-corrected chi connectivity index (χ1v) is 7.06. The fourth-order valence-corrected chi connectivity index (χ4v) is 2.34. The molecule has 0 atom stereocenters. The standard InChI is InChI=1S/C16H13N5O2/c22-15-13(7-10-8-18-14-12(10)4-1-5-17-14)20-16(21-15)19-9-11-3-2-6-23-11/h1-8,22H,9H2,(H2,19,20,21). The van der Waals surface area contributed by atoms with Gasteiger partial charge in [0.05, 0.1) is 12.8 Å². The maximum atomic E-state index is 9.99. The number of pyridine rings is 1. The summed E-state index contributed by atoms with van der Waals surface area (Å²) in [6, 6.07) is 7.46. The Bertz CT molecular complexity index is 893. The number of aromatic nitrogens is 3. The van der Waals surface area contributed by atoms with Crippen molar-refractivity contribution in [2.45, 2.75) is 6.54 Å². The molecule has 0 unspecified atom stereocenters. The van der Waals surface area contributed by atoms with Crippen LogP contribution < -0.4 is 5.32 Å². The van der Waals surface area contributed by atoms with Crippen molar-refractivity contribution < 1.29 is 9.52 Å². The quantitative estimate of drug-likeness (QED) is 0.688. The van der Waals surface area contributed by atoms with E-state index in [0.717, 1.165) is 16.9 Å². The van der Waals surface area contributed by atoms with Crippen LogP contribution in [-0.2, 0) is 6.54 Å². The Labute approximate surface area is 131 Å².